The van der Waals surface area contributed by atoms with Gasteiger partial charge in [0, 0.05) is 32.6 Å². The van der Waals surface area contributed by atoms with E-state index < -0.39 is 45.6 Å². The summed E-state index contributed by atoms with van der Waals surface area (Å²) in [6, 6.07) is 11.3. The summed E-state index contributed by atoms with van der Waals surface area (Å²) >= 11 is 0. The van der Waals surface area contributed by atoms with Gasteiger partial charge < -0.3 is 4.90 Å². The third-order valence-corrected chi connectivity index (χ3v) is 8.81. The molecule has 2 aliphatic heterocycles. The van der Waals surface area contributed by atoms with Gasteiger partial charge in [-0.15, -0.1) is 0 Å². The number of hydrogen-bond donors (Lipinski definition) is 0. The summed E-state index contributed by atoms with van der Waals surface area (Å²) in [7, 11) is -1.71. The van der Waals surface area contributed by atoms with Gasteiger partial charge in [-0.2, -0.15) is 0 Å². The van der Waals surface area contributed by atoms with Crippen LogP contribution in [0.2, 0.25) is 0 Å². The van der Waals surface area contributed by atoms with Crippen LogP contribution in [0.5, 0.6) is 0 Å². The van der Waals surface area contributed by atoms with E-state index in [1.54, 1.807) is 7.05 Å². The fourth-order valence-corrected chi connectivity index (χ4v) is 6.35. The quantitative estimate of drug-likeness (QED) is 0.575. The van der Waals surface area contributed by atoms with E-state index in [-0.39, 0.29) is 31.5 Å². The molecule has 2 aliphatic rings. The molecule has 7 nitrogen and oxygen atoms in total. The van der Waals surface area contributed by atoms with Gasteiger partial charge in [0.1, 0.15) is 11.6 Å². The monoisotopic (exact) mass is 519 g/mol. The van der Waals surface area contributed by atoms with Crippen molar-refractivity contribution in [3.05, 3.63) is 71.3 Å². The Bertz CT molecular complexity index is 1210. The van der Waals surface area contributed by atoms with Crippen LogP contribution in [0.4, 0.5) is 13.6 Å². The van der Waals surface area contributed by atoms with E-state index in [1.807, 2.05) is 37.3 Å². The summed E-state index contributed by atoms with van der Waals surface area (Å²) in [5.41, 5.74) is 1.16. The second kappa shape index (κ2) is 10.3. The molecule has 2 heterocycles. The predicted molar refractivity (Wildman–Crippen MR) is 132 cm³/mol. The van der Waals surface area contributed by atoms with Crippen LogP contribution < -0.4 is 0 Å². The third-order valence-electron chi connectivity index (χ3n) is 7.51. The van der Waals surface area contributed by atoms with E-state index in [4.69, 9.17) is 0 Å². The van der Waals surface area contributed by atoms with Gasteiger partial charge in [0.2, 0.25) is 15.9 Å². The molecule has 2 aromatic rings. The van der Waals surface area contributed by atoms with Crippen molar-refractivity contribution >= 4 is 22.0 Å². The highest BCUT2D eigenvalue weighted by atomic mass is 32.2. The molecule has 36 heavy (non-hydrogen) atoms. The first-order valence-corrected chi connectivity index (χ1v) is 13.9. The molecule has 0 aromatic heterocycles. The average Bonchev–Trinajstić information content (AvgIpc) is 3.06. The number of piperidine rings is 1. The number of nitrogens with zero attached hydrogens (tertiary/aromatic N) is 3. The maximum absolute atomic E-state index is 14.2. The Morgan fingerprint density at radius 2 is 1.64 bits per heavy atom. The maximum atomic E-state index is 14.2. The van der Waals surface area contributed by atoms with E-state index in [0.29, 0.717) is 18.4 Å². The van der Waals surface area contributed by atoms with Gasteiger partial charge in [-0.3, -0.25) is 9.69 Å². The first-order chi connectivity index (χ1) is 17.0. The highest BCUT2D eigenvalue weighted by molar-refractivity contribution is 7.88. The van der Waals surface area contributed by atoms with Crippen LogP contribution >= 0.6 is 0 Å². The van der Waals surface area contributed by atoms with Gasteiger partial charge >= 0.3 is 6.03 Å². The molecule has 10 heteroatoms. The molecule has 0 N–H and O–H groups in total. The lowest BCUT2D eigenvalue weighted by Crippen LogP contribution is -2.41. The number of benzene rings is 2. The summed E-state index contributed by atoms with van der Waals surface area (Å²) in [5, 5.41) is 0. The van der Waals surface area contributed by atoms with Crippen LogP contribution in [0, 0.1) is 17.6 Å². The predicted octanol–water partition coefficient (Wildman–Crippen LogP) is 4.13. The van der Waals surface area contributed by atoms with Crippen molar-refractivity contribution in [2.24, 2.45) is 5.92 Å². The molecule has 0 aliphatic carbocycles. The zero-order valence-electron chi connectivity index (χ0n) is 20.6. The minimum Gasteiger partial charge on any atom is -0.322 e. The lowest BCUT2D eigenvalue weighted by atomic mass is 9.78. The van der Waals surface area contributed by atoms with Crippen LogP contribution in [0.25, 0.3) is 0 Å². The molecule has 0 radical (unpaired) electrons. The van der Waals surface area contributed by atoms with Crippen molar-refractivity contribution < 1.29 is 26.8 Å². The summed E-state index contributed by atoms with van der Waals surface area (Å²) in [6.07, 6.45) is 1.91. The van der Waals surface area contributed by atoms with Crippen molar-refractivity contribution in [3.8, 4) is 0 Å². The van der Waals surface area contributed by atoms with Crippen LogP contribution in [0.3, 0.4) is 0 Å². The first kappa shape index (κ1) is 26.2. The third kappa shape index (κ3) is 5.29. The summed E-state index contributed by atoms with van der Waals surface area (Å²) < 4.78 is 53.7. The Kier molecular flexibility index (Phi) is 7.47. The average molecular weight is 520 g/mol. The zero-order chi connectivity index (χ0) is 26.2. The molecule has 0 saturated carbocycles. The number of imide groups is 1. The second-order valence-corrected chi connectivity index (χ2v) is 11.7. The van der Waals surface area contributed by atoms with E-state index in [9.17, 15) is 26.8 Å². The Labute approximate surface area is 210 Å². The summed E-state index contributed by atoms with van der Waals surface area (Å²) in [4.78, 5) is 29.7. The van der Waals surface area contributed by atoms with Gasteiger partial charge in [0.15, 0.2) is 0 Å². The number of carbonyl (C=O) groups is 2. The van der Waals surface area contributed by atoms with Crippen molar-refractivity contribution in [2.45, 2.75) is 44.2 Å². The Hall–Kier alpha value is -2.85. The SMILES string of the molecule is CC1[C@@H](c2ccccc2)N(C(=O)C[C@@H](c2cc(F)cc(F)c2)C2CCN(S(C)(=O)=O)CC2)C(=O)N1C. The number of rotatable bonds is 6. The van der Waals surface area contributed by atoms with Crippen LogP contribution in [-0.4, -0.2) is 66.9 Å². The number of halogens is 2. The molecule has 2 aromatic carbocycles. The summed E-state index contributed by atoms with van der Waals surface area (Å²) in [6.45, 7) is 2.41. The molecule has 3 amide bonds. The highest BCUT2D eigenvalue weighted by Crippen LogP contribution is 2.40. The van der Waals surface area contributed by atoms with E-state index in [2.05, 4.69) is 0 Å². The smallest absolute Gasteiger partial charge is 0.322 e. The summed E-state index contributed by atoms with van der Waals surface area (Å²) in [5.74, 6) is -2.68. The maximum Gasteiger partial charge on any atom is 0.327 e. The number of sulfonamides is 1. The minimum absolute atomic E-state index is 0.123. The molecular formula is C26H31F2N3O4S. The topological polar surface area (TPSA) is 78.0 Å². The van der Waals surface area contributed by atoms with Crippen molar-refractivity contribution in [2.75, 3.05) is 26.4 Å². The normalized spacial score (nSPS) is 22.8. The van der Waals surface area contributed by atoms with Gasteiger partial charge in [-0.05, 0) is 54.9 Å². The first-order valence-electron chi connectivity index (χ1n) is 12.0. The lowest BCUT2D eigenvalue weighted by molar-refractivity contribution is -0.130. The molecule has 0 bridgehead atoms. The van der Waals surface area contributed by atoms with Gasteiger partial charge in [-0.1, -0.05) is 30.3 Å². The van der Waals surface area contributed by atoms with Crippen molar-refractivity contribution in [1.82, 2.24) is 14.1 Å². The van der Waals surface area contributed by atoms with Gasteiger partial charge in [0.05, 0.1) is 18.3 Å². The van der Waals surface area contributed by atoms with Crippen LogP contribution in [0.15, 0.2) is 48.5 Å². The highest BCUT2D eigenvalue weighted by Gasteiger charge is 2.46. The fourth-order valence-electron chi connectivity index (χ4n) is 5.47. The molecule has 2 fully saturated rings. The number of carbonyl (C=O) groups excluding carboxylic acids is 2. The molecule has 194 valence electrons. The molecule has 0 spiro atoms. The van der Waals surface area contributed by atoms with Crippen molar-refractivity contribution in [3.63, 3.8) is 0 Å². The largest absolute Gasteiger partial charge is 0.327 e. The standard InChI is InChI=1S/C26H31F2N3O4S/c1-17-25(19-7-5-4-6-8-19)31(26(33)29(17)2)24(32)16-23(20-13-21(27)15-22(28)14-20)18-9-11-30(12-10-18)36(3,34)35/h4-8,13-15,17-18,23,25H,9-12,16H2,1-3H3/t17?,23-,25+/m1/s1. The Balaban J connectivity index is 1.65. The van der Waals surface area contributed by atoms with Crippen molar-refractivity contribution in [1.29, 1.82) is 0 Å². The number of urea groups is 1. The number of amides is 3. The van der Waals surface area contributed by atoms with E-state index >= 15 is 0 Å². The van der Waals surface area contributed by atoms with Gasteiger partial charge in [-0.25, -0.2) is 26.3 Å². The fraction of sp³-hybridized carbons (Fsp3) is 0.462. The molecular weight excluding hydrogens is 488 g/mol. The van der Waals surface area contributed by atoms with Crippen LogP contribution in [0.1, 0.15) is 49.3 Å². The Morgan fingerprint density at radius 3 is 2.19 bits per heavy atom. The molecule has 3 atom stereocenters. The van der Waals surface area contributed by atoms with Crippen LogP contribution in [-0.2, 0) is 14.8 Å². The van der Waals surface area contributed by atoms with Gasteiger partial charge in [0.25, 0.3) is 0 Å². The lowest BCUT2D eigenvalue weighted by Gasteiger charge is -2.36. The number of hydrogen-bond acceptors (Lipinski definition) is 4. The molecule has 1 unspecified atom stereocenters. The molecule has 4 rings (SSSR count). The Morgan fingerprint density at radius 1 is 1.06 bits per heavy atom. The minimum atomic E-state index is -3.36. The van der Waals surface area contributed by atoms with E-state index in [0.717, 1.165) is 17.9 Å². The second-order valence-electron chi connectivity index (χ2n) is 9.77. The zero-order valence-corrected chi connectivity index (χ0v) is 21.4. The number of likely N-dealkylation sites (N-methyl/N-ethyl adjacent to an activating group) is 1. The van der Waals surface area contributed by atoms with E-state index in [1.165, 1.54) is 26.2 Å². The molecule has 2 saturated heterocycles.